The number of hydrogen-bond acceptors (Lipinski definition) is 3. The van der Waals surface area contributed by atoms with Gasteiger partial charge < -0.3 is 9.88 Å². The van der Waals surface area contributed by atoms with E-state index in [1.165, 1.54) is 22.4 Å². The molecular weight excluding hydrogens is 402 g/mol. The Hall–Kier alpha value is -3.18. The fourth-order valence-electron chi connectivity index (χ4n) is 3.66. The smallest absolute Gasteiger partial charge is 0.261 e. The van der Waals surface area contributed by atoms with Gasteiger partial charge in [0.05, 0.1) is 15.9 Å². The molecule has 0 saturated heterocycles. The van der Waals surface area contributed by atoms with E-state index in [1.807, 2.05) is 29.6 Å². The van der Waals surface area contributed by atoms with Crippen LogP contribution in [0.15, 0.2) is 78.2 Å². The summed E-state index contributed by atoms with van der Waals surface area (Å²) in [6, 6.07) is 22.5. The van der Waals surface area contributed by atoms with Crippen molar-refractivity contribution in [2.45, 2.75) is 32.2 Å². The van der Waals surface area contributed by atoms with Crippen molar-refractivity contribution in [1.82, 2.24) is 14.9 Å². The van der Waals surface area contributed by atoms with Gasteiger partial charge in [-0.3, -0.25) is 4.79 Å². The zero-order chi connectivity index (χ0) is 21.3. The van der Waals surface area contributed by atoms with Gasteiger partial charge in [-0.1, -0.05) is 67.1 Å². The minimum absolute atomic E-state index is 0.0296. The van der Waals surface area contributed by atoms with Crippen LogP contribution in [-0.2, 0) is 13.0 Å². The van der Waals surface area contributed by atoms with Crippen molar-refractivity contribution in [1.29, 1.82) is 0 Å². The Morgan fingerprint density at radius 1 is 0.968 bits per heavy atom. The highest BCUT2D eigenvalue weighted by atomic mass is 32.1. The van der Waals surface area contributed by atoms with E-state index in [4.69, 9.17) is 4.98 Å². The van der Waals surface area contributed by atoms with Crippen molar-refractivity contribution in [2.24, 2.45) is 0 Å². The molecule has 0 aliphatic rings. The van der Waals surface area contributed by atoms with E-state index in [1.54, 1.807) is 0 Å². The highest BCUT2D eigenvalue weighted by Gasteiger charge is 2.09. The topological polar surface area (TPSA) is 46.9 Å². The normalized spacial score (nSPS) is 11.4. The number of unbranched alkanes of at least 4 members (excludes halogenated alkanes) is 2. The van der Waals surface area contributed by atoms with Crippen LogP contribution in [-0.4, -0.2) is 22.0 Å². The van der Waals surface area contributed by atoms with Crippen molar-refractivity contribution in [3.8, 4) is 0 Å². The van der Waals surface area contributed by atoms with E-state index in [-0.39, 0.29) is 5.91 Å². The number of fused-ring (bicyclic) bond motifs is 1. The molecule has 158 valence electrons. The van der Waals surface area contributed by atoms with Gasteiger partial charge in [0.1, 0.15) is 5.82 Å². The van der Waals surface area contributed by atoms with Crippen LogP contribution < -0.4 is 5.32 Å². The molecule has 1 amide bonds. The van der Waals surface area contributed by atoms with Gasteiger partial charge in [-0.05, 0) is 42.0 Å². The third kappa shape index (κ3) is 5.70. The van der Waals surface area contributed by atoms with Crippen molar-refractivity contribution in [3.63, 3.8) is 0 Å². The zero-order valence-electron chi connectivity index (χ0n) is 17.5. The molecule has 0 fully saturated rings. The number of aromatic nitrogens is 2. The van der Waals surface area contributed by atoms with E-state index in [0.29, 0.717) is 6.54 Å². The second-order valence-electron chi connectivity index (χ2n) is 7.48. The van der Waals surface area contributed by atoms with E-state index in [9.17, 15) is 4.79 Å². The molecule has 0 aliphatic carbocycles. The summed E-state index contributed by atoms with van der Waals surface area (Å²) in [7, 11) is 0. The summed E-state index contributed by atoms with van der Waals surface area (Å²) in [4.78, 5) is 17.6. The minimum Gasteiger partial charge on any atom is -0.351 e. The van der Waals surface area contributed by atoms with Gasteiger partial charge in [0.15, 0.2) is 0 Å². The van der Waals surface area contributed by atoms with E-state index < -0.39 is 0 Å². The van der Waals surface area contributed by atoms with Crippen LogP contribution in [0.3, 0.4) is 0 Å². The van der Waals surface area contributed by atoms with Gasteiger partial charge in [-0.15, -0.1) is 11.3 Å². The Balaban J connectivity index is 1.31. The molecule has 0 unspecified atom stereocenters. The fraction of sp³-hybridized carbons (Fsp3) is 0.231. The minimum atomic E-state index is 0.0296. The number of hydrogen-bond donors (Lipinski definition) is 1. The van der Waals surface area contributed by atoms with E-state index >= 15 is 0 Å². The highest BCUT2D eigenvalue weighted by molar-refractivity contribution is 7.12. The number of amides is 1. The number of thiophene rings is 1. The number of carbonyl (C=O) groups is 1. The zero-order valence-corrected chi connectivity index (χ0v) is 18.4. The lowest BCUT2D eigenvalue weighted by Gasteiger charge is -2.07. The third-order valence-electron chi connectivity index (χ3n) is 5.24. The molecule has 0 bridgehead atoms. The Bertz CT molecular complexity index is 1130. The van der Waals surface area contributed by atoms with Gasteiger partial charge in [0.2, 0.25) is 0 Å². The summed E-state index contributed by atoms with van der Waals surface area (Å²) in [5.41, 5.74) is 3.44. The summed E-state index contributed by atoms with van der Waals surface area (Å²) in [5, 5.41) is 4.93. The number of nitrogens with zero attached hydrogens (tertiary/aromatic N) is 2. The first-order valence-electron chi connectivity index (χ1n) is 10.8. The molecule has 2 aromatic heterocycles. The Morgan fingerprint density at radius 2 is 1.81 bits per heavy atom. The van der Waals surface area contributed by atoms with Crippen LogP contribution in [0, 0.1) is 0 Å². The Labute approximate surface area is 187 Å². The molecule has 1 N–H and O–H groups in total. The molecule has 2 heterocycles. The fourth-order valence-corrected chi connectivity index (χ4v) is 4.30. The van der Waals surface area contributed by atoms with E-state index in [0.717, 1.165) is 48.4 Å². The molecule has 4 aromatic rings. The van der Waals surface area contributed by atoms with Crippen molar-refractivity contribution >= 4 is 34.4 Å². The molecule has 2 aromatic carbocycles. The van der Waals surface area contributed by atoms with Crippen molar-refractivity contribution < 1.29 is 4.79 Å². The molecule has 4 rings (SSSR count). The van der Waals surface area contributed by atoms with Gasteiger partial charge >= 0.3 is 0 Å². The summed E-state index contributed by atoms with van der Waals surface area (Å²) in [6.45, 7) is 1.52. The lowest BCUT2D eigenvalue weighted by molar-refractivity contribution is 0.0957. The molecule has 0 atom stereocenters. The predicted octanol–water partition coefficient (Wildman–Crippen LogP) is 5.95. The molecule has 4 nitrogen and oxygen atoms in total. The standard InChI is InChI=1S/C26H27N3OS/c30-26(24-16-10-20-31-24)27-18-8-2-5-17-25-28-22-14-6-7-15-23(22)29(25)19-9-13-21-11-3-1-4-12-21/h1,3-4,6-7,9-16,20H,2,5,8,17-19H2,(H,27,30)/b13-9+. The average molecular weight is 430 g/mol. The second-order valence-corrected chi connectivity index (χ2v) is 8.43. The average Bonchev–Trinajstić information content (AvgIpc) is 3.45. The first-order chi connectivity index (χ1) is 15.3. The number of rotatable bonds is 10. The van der Waals surface area contributed by atoms with E-state index in [2.05, 4.69) is 64.5 Å². The molecule has 0 radical (unpaired) electrons. The highest BCUT2D eigenvalue weighted by Crippen LogP contribution is 2.18. The molecule has 0 spiro atoms. The molecule has 0 aliphatic heterocycles. The molecule has 5 heteroatoms. The van der Waals surface area contributed by atoms with Crippen LogP contribution in [0.5, 0.6) is 0 Å². The summed E-state index contributed by atoms with van der Waals surface area (Å²) in [6.07, 6.45) is 8.40. The molecule has 31 heavy (non-hydrogen) atoms. The monoisotopic (exact) mass is 429 g/mol. The number of allylic oxidation sites excluding steroid dienone is 1. The maximum absolute atomic E-state index is 12.0. The van der Waals surface area contributed by atoms with Crippen LogP contribution in [0.4, 0.5) is 0 Å². The lowest BCUT2D eigenvalue weighted by Crippen LogP contribution is -2.23. The van der Waals surface area contributed by atoms with Crippen LogP contribution in [0.1, 0.15) is 40.3 Å². The second kappa shape index (κ2) is 10.7. The van der Waals surface area contributed by atoms with Gasteiger partial charge in [0, 0.05) is 19.5 Å². The summed E-state index contributed by atoms with van der Waals surface area (Å²) in [5.74, 6) is 1.16. The predicted molar refractivity (Wildman–Crippen MR) is 129 cm³/mol. The maximum atomic E-state index is 12.0. The number of carbonyl (C=O) groups excluding carboxylic acids is 1. The summed E-state index contributed by atoms with van der Waals surface area (Å²) >= 11 is 1.48. The number of imidazole rings is 1. The Morgan fingerprint density at radius 3 is 2.65 bits per heavy atom. The molecular formula is C26H27N3OS. The number of nitrogens with one attached hydrogen (secondary N) is 1. The third-order valence-corrected chi connectivity index (χ3v) is 6.11. The molecule has 0 saturated carbocycles. The first kappa shape index (κ1) is 21.1. The quantitative estimate of drug-likeness (QED) is 0.317. The summed E-state index contributed by atoms with van der Waals surface area (Å²) < 4.78 is 2.31. The maximum Gasteiger partial charge on any atom is 0.261 e. The lowest BCUT2D eigenvalue weighted by atomic mass is 10.2. The Kier molecular flexibility index (Phi) is 7.29. The van der Waals surface area contributed by atoms with Crippen molar-refractivity contribution in [2.75, 3.05) is 6.54 Å². The first-order valence-corrected chi connectivity index (χ1v) is 11.7. The van der Waals surface area contributed by atoms with Crippen LogP contribution in [0.25, 0.3) is 17.1 Å². The van der Waals surface area contributed by atoms with Crippen LogP contribution >= 0.6 is 11.3 Å². The van der Waals surface area contributed by atoms with Crippen molar-refractivity contribution in [3.05, 3.63) is 94.5 Å². The number of para-hydroxylation sites is 2. The van der Waals surface area contributed by atoms with Gasteiger partial charge in [0.25, 0.3) is 5.91 Å². The SMILES string of the molecule is O=C(NCCCCCc1nc2ccccc2n1C/C=C/c1ccccc1)c1cccs1. The van der Waals surface area contributed by atoms with Gasteiger partial charge in [-0.25, -0.2) is 4.98 Å². The number of aryl methyl sites for hydroxylation is 1. The van der Waals surface area contributed by atoms with Crippen LogP contribution in [0.2, 0.25) is 0 Å². The van der Waals surface area contributed by atoms with Gasteiger partial charge in [-0.2, -0.15) is 0 Å². The largest absolute Gasteiger partial charge is 0.351 e. The number of benzene rings is 2.